The summed E-state index contributed by atoms with van der Waals surface area (Å²) in [6.07, 6.45) is 0. The Balaban J connectivity index is 2.08. The maximum absolute atomic E-state index is 12.7. The summed E-state index contributed by atoms with van der Waals surface area (Å²) in [7, 11) is 1.64. The Morgan fingerprint density at radius 1 is 1.31 bits per heavy atom. The number of thiazole rings is 2. The number of nitrogens with zero attached hydrogens (tertiary/aromatic N) is 3. The summed E-state index contributed by atoms with van der Waals surface area (Å²) in [5.74, 6) is 0.527. The van der Waals surface area contributed by atoms with Crippen molar-refractivity contribution in [1.29, 1.82) is 0 Å². The van der Waals surface area contributed by atoms with Gasteiger partial charge in [-0.25, -0.2) is 4.98 Å². The van der Waals surface area contributed by atoms with Crippen LogP contribution >= 0.6 is 22.7 Å². The minimum atomic E-state index is -0.253. The van der Waals surface area contributed by atoms with Crippen LogP contribution in [-0.2, 0) is 11.3 Å². The fraction of sp³-hybridized carbons (Fsp3) is 0.389. The molecule has 0 unspecified atom stereocenters. The van der Waals surface area contributed by atoms with Gasteiger partial charge >= 0.3 is 0 Å². The van der Waals surface area contributed by atoms with Crippen molar-refractivity contribution >= 4 is 38.8 Å². The molecule has 0 aliphatic rings. The Kier molecular flexibility index (Phi) is 5.85. The lowest BCUT2D eigenvalue weighted by Gasteiger charge is -2.06. The van der Waals surface area contributed by atoms with Crippen molar-refractivity contribution in [3.63, 3.8) is 0 Å². The lowest BCUT2D eigenvalue weighted by atomic mass is 10.3. The first-order chi connectivity index (χ1) is 12.5. The van der Waals surface area contributed by atoms with Crippen molar-refractivity contribution in [1.82, 2.24) is 9.55 Å². The van der Waals surface area contributed by atoms with Gasteiger partial charge in [0, 0.05) is 13.2 Å². The van der Waals surface area contributed by atoms with Gasteiger partial charge in [0.05, 0.1) is 34.6 Å². The molecule has 3 aromatic rings. The molecular formula is C18H21N3O3S2. The second kappa shape index (κ2) is 8.11. The molecule has 0 aliphatic carbocycles. The molecule has 2 heterocycles. The van der Waals surface area contributed by atoms with Gasteiger partial charge < -0.3 is 14.0 Å². The van der Waals surface area contributed by atoms with E-state index in [-0.39, 0.29) is 5.91 Å². The lowest BCUT2D eigenvalue weighted by Crippen LogP contribution is -2.19. The molecule has 2 aromatic heterocycles. The van der Waals surface area contributed by atoms with Crippen molar-refractivity contribution in [2.24, 2.45) is 4.99 Å². The maximum atomic E-state index is 12.7. The van der Waals surface area contributed by atoms with Crippen molar-refractivity contribution in [2.75, 3.05) is 20.3 Å². The van der Waals surface area contributed by atoms with Gasteiger partial charge in [-0.2, -0.15) is 4.99 Å². The highest BCUT2D eigenvalue weighted by atomic mass is 32.1. The van der Waals surface area contributed by atoms with Gasteiger partial charge in [-0.05, 0) is 39.0 Å². The molecule has 138 valence electrons. The molecule has 0 atom stereocenters. The molecular weight excluding hydrogens is 370 g/mol. The number of aryl methyl sites for hydroxylation is 2. The second-order valence-corrected chi connectivity index (χ2v) is 7.84. The predicted molar refractivity (Wildman–Crippen MR) is 104 cm³/mol. The quantitative estimate of drug-likeness (QED) is 0.603. The molecule has 3 rings (SSSR count). The monoisotopic (exact) mass is 391 g/mol. The fourth-order valence-electron chi connectivity index (χ4n) is 2.65. The van der Waals surface area contributed by atoms with Gasteiger partial charge in [0.15, 0.2) is 4.80 Å². The van der Waals surface area contributed by atoms with Crippen molar-refractivity contribution < 1.29 is 14.3 Å². The number of rotatable bonds is 6. The van der Waals surface area contributed by atoms with E-state index < -0.39 is 0 Å². The van der Waals surface area contributed by atoms with E-state index in [1.807, 2.05) is 43.5 Å². The number of carbonyl (C=O) groups is 1. The van der Waals surface area contributed by atoms with Crippen molar-refractivity contribution in [3.05, 3.63) is 38.6 Å². The van der Waals surface area contributed by atoms with Crippen LogP contribution in [0.5, 0.6) is 5.75 Å². The highest BCUT2D eigenvalue weighted by molar-refractivity contribution is 7.16. The van der Waals surface area contributed by atoms with Crippen LogP contribution in [0.25, 0.3) is 10.2 Å². The smallest absolute Gasteiger partial charge is 0.291 e. The first-order valence-electron chi connectivity index (χ1n) is 8.31. The Morgan fingerprint density at radius 3 is 2.77 bits per heavy atom. The largest absolute Gasteiger partial charge is 0.497 e. The van der Waals surface area contributed by atoms with E-state index >= 15 is 0 Å². The highest BCUT2D eigenvalue weighted by Gasteiger charge is 2.15. The van der Waals surface area contributed by atoms with Crippen LogP contribution in [0.3, 0.4) is 0 Å². The van der Waals surface area contributed by atoms with Crippen LogP contribution in [0.4, 0.5) is 0 Å². The average molecular weight is 392 g/mol. The summed E-state index contributed by atoms with van der Waals surface area (Å²) in [5, 5.41) is 0.867. The number of methoxy groups -OCH3 is 1. The number of benzene rings is 1. The number of carbonyl (C=O) groups excluding carboxylic acids is 1. The SMILES string of the molecule is CCOCCn1c(=NC(=O)c2sc(C)nc2C)sc2cc(OC)ccc21. The number of hydrogen-bond donors (Lipinski definition) is 0. The zero-order chi connectivity index (χ0) is 18.7. The highest BCUT2D eigenvalue weighted by Crippen LogP contribution is 2.24. The molecule has 1 aromatic carbocycles. The van der Waals surface area contributed by atoms with Crippen LogP contribution in [0.15, 0.2) is 23.2 Å². The minimum absolute atomic E-state index is 0.253. The standard InChI is InChI=1S/C18H21N3O3S2/c1-5-24-9-8-21-14-7-6-13(23-4)10-15(14)26-18(21)20-17(22)16-11(2)19-12(3)25-16/h6-7,10H,5,8-9H2,1-4H3. The van der Waals surface area contributed by atoms with Crippen molar-refractivity contribution in [3.8, 4) is 5.75 Å². The molecule has 0 fully saturated rings. The third kappa shape index (κ3) is 3.87. The van der Waals surface area contributed by atoms with E-state index in [9.17, 15) is 4.79 Å². The number of ether oxygens (including phenoxy) is 2. The summed E-state index contributed by atoms with van der Waals surface area (Å²) in [6.45, 7) is 7.54. The maximum Gasteiger partial charge on any atom is 0.291 e. The first-order valence-corrected chi connectivity index (χ1v) is 9.95. The van der Waals surface area contributed by atoms with E-state index in [2.05, 4.69) is 9.98 Å². The number of fused-ring (bicyclic) bond motifs is 1. The summed E-state index contributed by atoms with van der Waals surface area (Å²) in [5.41, 5.74) is 1.74. The van der Waals surface area contributed by atoms with Gasteiger partial charge in [-0.1, -0.05) is 11.3 Å². The van der Waals surface area contributed by atoms with Crippen LogP contribution in [-0.4, -0.2) is 35.8 Å². The summed E-state index contributed by atoms with van der Waals surface area (Å²) in [6, 6.07) is 5.86. The average Bonchev–Trinajstić information content (AvgIpc) is 3.13. The molecule has 0 saturated carbocycles. The van der Waals surface area contributed by atoms with E-state index in [0.717, 1.165) is 26.7 Å². The third-order valence-corrected chi connectivity index (χ3v) is 5.95. The fourth-order valence-corrected chi connectivity index (χ4v) is 4.54. The molecule has 26 heavy (non-hydrogen) atoms. The molecule has 0 radical (unpaired) electrons. The summed E-state index contributed by atoms with van der Waals surface area (Å²) < 4.78 is 13.8. The Hall–Kier alpha value is -2.03. The normalized spacial score (nSPS) is 12.1. The Morgan fingerprint density at radius 2 is 2.12 bits per heavy atom. The van der Waals surface area contributed by atoms with Gasteiger partial charge in [0.25, 0.3) is 5.91 Å². The molecule has 1 amide bonds. The molecule has 0 saturated heterocycles. The number of aromatic nitrogens is 2. The van der Waals surface area contributed by atoms with Crippen LogP contribution in [0.2, 0.25) is 0 Å². The van der Waals surface area contributed by atoms with Gasteiger partial charge in [-0.15, -0.1) is 11.3 Å². The third-order valence-electron chi connectivity index (χ3n) is 3.85. The van der Waals surface area contributed by atoms with Crippen molar-refractivity contribution in [2.45, 2.75) is 27.3 Å². The summed E-state index contributed by atoms with van der Waals surface area (Å²) in [4.78, 5) is 22.6. The lowest BCUT2D eigenvalue weighted by molar-refractivity contribution is 0.0999. The predicted octanol–water partition coefficient (Wildman–Crippen LogP) is 3.56. The molecule has 8 heteroatoms. The van der Waals surface area contributed by atoms with Gasteiger partial charge in [0.1, 0.15) is 10.6 Å². The van der Waals surface area contributed by atoms with E-state index in [1.165, 1.54) is 22.7 Å². The zero-order valence-corrected chi connectivity index (χ0v) is 16.9. The molecule has 0 bridgehead atoms. The van der Waals surface area contributed by atoms with E-state index in [4.69, 9.17) is 9.47 Å². The minimum Gasteiger partial charge on any atom is -0.497 e. The molecule has 0 aliphatic heterocycles. The van der Waals surface area contributed by atoms with E-state index in [1.54, 1.807) is 7.11 Å². The second-order valence-electron chi connectivity index (χ2n) is 5.63. The zero-order valence-electron chi connectivity index (χ0n) is 15.2. The van der Waals surface area contributed by atoms with Crippen LogP contribution in [0.1, 0.15) is 27.3 Å². The first kappa shape index (κ1) is 18.8. The number of hydrogen-bond acceptors (Lipinski definition) is 6. The van der Waals surface area contributed by atoms with E-state index in [0.29, 0.717) is 29.4 Å². The Bertz CT molecular complexity index is 1000. The van der Waals surface area contributed by atoms with Crippen LogP contribution in [0, 0.1) is 13.8 Å². The molecule has 0 spiro atoms. The Labute approximate surface area is 159 Å². The van der Waals surface area contributed by atoms with Gasteiger partial charge in [-0.3, -0.25) is 4.79 Å². The number of amides is 1. The topological polar surface area (TPSA) is 65.7 Å². The van der Waals surface area contributed by atoms with Crippen LogP contribution < -0.4 is 9.54 Å². The summed E-state index contributed by atoms with van der Waals surface area (Å²) >= 11 is 2.85. The molecule has 6 nitrogen and oxygen atoms in total. The molecule has 0 N–H and O–H groups in total. The van der Waals surface area contributed by atoms with Gasteiger partial charge in [0.2, 0.25) is 0 Å².